The highest BCUT2D eigenvalue weighted by molar-refractivity contribution is 6.03. The van der Waals surface area contributed by atoms with Crippen LogP contribution in [0.2, 0.25) is 0 Å². The summed E-state index contributed by atoms with van der Waals surface area (Å²) in [6.45, 7) is 0. The van der Waals surface area contributed by atoms with E-state index >= 15 is 0 Å². The molecule has 2 aromatic carbocycles. The zero-order chi connectivity index (χ0) is 22.1. The Morgan fingerprint density at radius 3 is 2.91 bits per heavy atom. The second kappa shape index (κ2) is 7.80. The summed E-state index contributed by atoms with van der Waals surface area (Å²) in [6.07, 6.45) is 1.46. The van der Waals surface area contributed by atoms with E-state index < -0.39 is 4.92 Å². The Bertz CT molecular complexity index is 1490. The Hall–Kier alpha value is -4.80. The van der Waals surface area contributed by atoms with E-state index in [1.165, 1.54) is 25.5 Å². The maximum atomic E-state index is 11.0. The number of fused-ring (bicyclic) bond motifs is 3. The summed E-state index contributed by atoms with van der Waals surface area (Å²) in [6, 6.07) is 15.5. The lowest BCUT2D eigenvalue weighted by atomic mass is 10.1. The monoisotopic (exact) mass is 429 g/mol. The second-order valence-electron chi connectivity index (χ2n) is 6.72. The Kier molecular flexibility index (Phi) is 4.67. The molecule has 3 heterocycles. The van der Waals surface area contributed by atoms with E-state index in [-0.39, 0.29) is 11.6 Å². The number of hydrogen-bond acceptors (Lipinski definition) is 9. The summed E-state index contributed by atoms with van der Waals surface area (Å²) >= 11 is 0. The maximum absolute atomic E-state index is 11.0. The molecule has 158 valence electrons. The summed E-state index contributed by atoms with van der Waals surface area (Å²) in [5.41, 5.74) is 5.46. The number of nitrogens with one attached hydrogen (secondary N) is 2. The van der Waals surface area contributed by atoms with Crippen molar-refractivity contribution in [2.45, 2.75) is 0 Å². The summed E-state index contributed by atoms with van der Waals surface area (Å²) < 4.78 is 11.0. The molecule has 0 saturated carbocycles. The van der Waals surface area contributed by atoms with Gasteiger partial charge in [-0.2, -0.15) is 10.1 Å². The van der Waals surface area contributed by atoms with Gasteiger partial charge in [-0.05, 0) is 24.3 Å². The topological polar surface area (TPSA) is 144 Å². The number of nitro groups is 1. The van der Waals surface area contributed by atoms with Gasteiger partial charge in [0.1, 0.15) is 22.8 Å². The van der Waals surface area contributed by atoms with Gasteiger partial charge in [-0.25, -0.2) is 5.43 Å². The second-order valence-corrected chi connectivity index (χ2v) is 6.72. The number of anilines is 1. The third-order valence-electron chi connectivity index (χ3n) is 4.77. The summed E-state index contributed by atoms with van der Waals surface area (Å²) in [7, 11) is 1.44. The molecule has 32 heavy (non-hydrogen) atoms. The van der Waals surface area contributed by atoms with Crippen LogP contribution in [0.1, 0.15) is 5.76 Å². The van der Waals surface area contributed by atoms with Crippen molar-refractivity contribution in [3.05, 3.63) is 70.5 Å². The molecule has 0 spiro atoms. The van der Waals surface area contributed by atoms with Crippen molar-refractivity contribution in [1.29, 1.82) is 0 Å². The van der Waals surface area contributed by atoms with E-state index in [4.69, 9.17) is 9.15 Å². The number of non-ortho nitro benzene ring substituents is 1. The van der Waals surface area contributed by atoms with Gasteiger partial charge in [-0.3, -0.25) is 10.1 Å². The molecule has 11 nitrogen and oxygen atoms in total. The summed E-state index contributed by atoms with van der Waals surface area (Å²) in [5.74, 6) is 1.49. The largest absolute Gasteiger partial charge is 0.496 e. The number of hydrazone groups is 1. The van der Waals surface area contributed by atoms with Gasteiger partial charge in [-0.1, -0.05) is 18.2 Å². The molecule has 5 aromatic rings. The fourth-order valence-electron chi connectivity index (χ4n) is 3.29. The van der Waals surface area contributed by atoms with Crippen LogP contribution in [0.15, 0.2) is 64.1 Å². The van der Waals surface area contributed by atoms with E-state index in [1.807, 2.05) is 24.3 Å². The number of ether oxygens (including phenoxy) is 1. The molecule has 0 saturated heterocycles. The van der Waals surface area contributed by atoms with Gasteiger partial charge in [-0.15, -0.1) is 10.2 Å². The van der Waals surface area contributed by atoms with Gasteiger partial charge in [0.25, 0.3) is 11.6 Å². The maximum Gasteiger partial charge on any atom is 0.273 e. The first-order chi connectivity index (χ1) is 15.6. The fourth-order valence-corrected chi connectivity index (χ4v) is 3.29. The predicted octanol–water partition coefficient (Wildman–Crippen LogP) is 4.13. The molecule has 0 fully saturated rings. The number of nitro benzene ring substituents is 1. The number of furan rings is 1. The normalized spacial score (nSPS) is 11.4. The lowest BCUT2D eigenvalue weighted by molar-refractivity contribution is -0.384. The molecule has 0 atom stereocenters. The van der Waals surface area contributed by atoms with Crippen molar-refractivity contribution in [2.24, 2.45) is 5.10 Å². The van der Waals surface area contributed by atoms with E-state index in [1.54, 1.807) is 18.2 Å². The number of aromatic amines is 1. The molecule has 0 radical (unpaired) electrons. The lowest BCUT2D eigenvalue weighted by Crippen LogP contribution is -1.98. The molecule has 5 rings (SSSR count). The lowest BCUT2D eigenvalue weighted by Gasteiger charge is -2.05. The van der Waals surface area contributed by atoms with Gasteiger partial charge in [0.15, 0.2) is 5.65 Å². The number of aromatic nitrogens is 4. The minimum absolute atomic E-state index is 0.0660. The molecule has 0 aliphatic heterocycles. The van der Waals surface area contributed by atoms with Gasteiger partial charge < -0.3 is 14.1 Å². The summed E-state index contributed by atoms with van der Waals surface area (Å²) in [4.78, 5) is 18.1. The van der Waals surface area contributed by atoms with E-state index in [9.17, 15) is 10.1 Å². The van der Waals surface area contributed by atoms with Crippen LogP contribution in [0.4, 0.5) is 11.6 Å². The number of hydrogen-bond donors (Lipinski definition) is 2. The van der Waals surface area contributed by atoms with Crippen LogP contribution in [-0.4, -0.2) is 38.4 Å². The predicted molar refractivity (Wildman–Crippen MR) is 118 cm³/mol. The Balaban J connectivity index is 1.34. The van der Waals surface area contributed by atoms with E-state index in [2.05, 4.69) is 30.7 Å². The minimum atomic E-state index is -0.484. The van der Waals surface area contributed by atoms with Crippen LogP contribution in [0.5, 0.6) is 5.75 Å². The standard InChI is InChI=1S/C21H15N7O4/c1-31-18-10-12(28(29)30)6-8-15(18)17-9-7-13(32-17)11-22-26-21-24-20-19(25-27-21)14-4-2-3-5-16(14)23-20/h2-11H,1H3,(H2,23,24,26,27). The molecule has 0 unspecified atom stereocenters. The zero-order valence-corrected chi connectivity index (χ0v) is 16.6. The zero-order valence-electron chi connectivity index (χ0n) is 16.6. The SMILES string of the molecule is COc1cc([N+](=O)[O-])ccc1-c1ccc(C=NNc2nnc3c(n2)[nH]c2ccccc23)o1. The van der Waals surface area contributed by atoms with Crippen LogP contribution in [0.3, 0.4) is 0 Å². The van der Waals surface area contributed by atoms with Crippen molar-refractivity contribution >= 4 is 39.9 Å². The van der Waals surface area contributed by atoms with Crippen LogP contribution in [0, 0.1) is 10.1 Å². The molecule has 0 amide bonds. The molecule has 2 N–H and O–H groups in total. The molecular formula is C21H15N7O4. The van der Waals surface area contributed by atoms with Crippen LogP contribution in [0.25, 0.3) is 33.4 Å². The first-order valence-electron chi connectivity index (χ1n) is 9.45. The van der Waals surface area contributed by atoms with E-state index in [0.717, 1.165) is 10.9 Å². The number of H-pyrrole nitrogens is 1. The fraction of sp³-hybridized carbons (Fsp3) is 0.0476. The number of para-hydroxylation sites is 1. The van der Waals surface area contributed by atoms with E-state index in [0.29, 0.717) is 34.0 Å². The third kappa shape index (κ3) is 3.47. The van der Waals surface area contributed by atoms with Gasteiger partial charge >= 0.3 is 0 Å². The van der Waals surface area contributed by atoms with Crippen LogP contribution < -0.4 is 10.2 Å². The highest BCUT2D eigenvalue weighted by Crippen LogP contribution is 2.34. The van der Waals surface area contributed by atoms with Gasteiger partial charge in [0, 0.05) is 17.0 Å². The first-order valence-corrected chi connectivity index (χ1v) is 9.45. The minimum Gasteiger partial charge on any atom is -0.496 e. The van der Waals surface area contributed by atoms with Gasteiger partial charge in [0.2, 0.25) is 0 Å². The van der Waals surface area contributed by atoms with Crippen LogP contribution in [-0.2, 0) is 0 Å². The van der Waals surface area contributed by atoms with Crippen molar-refractivity contribution in [1.82, 2.24) is 20.2 Å². The average molecular weight is 429 g/mol. The smallest absolute Gasteiger partial charge is 0.273 e. The van der Waals surface area contributed by atoms with Crippen molar-refractivity contribution in [3.63, 3.8) is 0 Å². The number of benzene rings is 2. The third-order valence-corrected chi connectivity index (χ3v) is 4.77. The number of methoxy groups -OCH3 is 1. The number of rotatable bonds is 6. The first kappa shape index (κ1) is 19.2. The molecule has 3 aromatic heterocycles. The van der Waals surface area contributed by atoms with Crippen molar-refractivity contribution in [2.75, 3.05) is 12.5 Å². The average Bonchev–Trinajstić information content (AvgIpc) is 3.42. The molecular weight excluding hydrogens is 414 g/mol. The number of nitrogens with zero attached hydrogens (tertiary/aromatic N) is 5. The molecule has 0 aliphatic carbocycles. The Labute approximate surface area is 179 Å². The van der Waals surface area contributed by atoms with Crippen molar-refractivity contribution < 1.29 is 14.1 Å². The highest BCUT2D eigenvalue weighted by atomic mass is 16.6. The molecule has 11 heteroatoms. The molecule has 0 bridgehead atoms. The molecule has 0 aliphatic rings. The summed E-state index contributed by atoms with van der Waals surface area (Å²) in [5, 5.41) is 24.3. The quantitative estimate of drug-likeness (QED) is 0.233. The van der Waals surface area contributed by atoms with Crippen LogP contribution >= 0.6 is 0 Å². The Morgan fingerprint density at radius 2 is 2.06 bits per heavy atom. The highest BCUT2D eigenvalue weighted by Gasteiger charge is 2.15. The van der Waals surface area contributed by atoms with Gasteiger partial charge in [0.05, 0.1) is 29.9 Å². The Morgan fingerprint density at radius 1 is 1.19 bits per heavy atom. The van der Waals surface area contributed by atoms with Crippen molar-refractivity contribution in [3.8, 4) is 17.1 Å².